The van der Waals surface area contributed by atoms with E-state index in [1.54, 1.807) is 21.9 Å². The van der Waals surface area contributed by atoms with E-state index in [4.69, 9.17) is 9.47 Å². The Hall–Kier alpha value is -3.80. The van der Waals surface area contributed by atoms with Gasteiger partial charge < -0.3 is 14.4 Å². The number of ether oxygens (including phenoxy) is 2. The summed E-state index contributed by atoms with van der Waals surface area (Å²) in [6, 6.07) is 20.6. The van der Waals surface area contributed by atoms with Gasteiger partial charge in [0.15, 0.2) is 11.5 Å². The Morgan fingerprint density at radius 2 is 1.57 bits per heavy atom. The number of fused-ring (bicyclic) bond motifs is 5. The van der Waals surface area contributed by atoms with Crippen LogP contribution in [-0.2, 0) is 6.54 Å². The van der Waals surface area contributed by atoms with Crippen molar-refractivity contribution >= 4 is 17.5 Å². The molecule has 5 rings (SSSR count). The summed E-state index contributed by atoms with van der Waals surface area (Å²) in [5.41, 5.74) is 3.28. The summed E-state index contributed by atoms with van der Waals surface area (Å²) >= 11 is 0. The number of carbonyl (C=O) groups is 2. The highest BCUT2D eigenvalue weighted by atomic mass is 16.5. The van der Waals surface area contributed by atoms with Crippen molar-refractivity contribution in [2.75, 3.05) is 19.1 Å². The first-order valence-corrected chi connectivity index (χ1v) is 9.68. The van der Waals surface area contributed by atoms with Crippen LogP contribution in [0, 0.1) is 0 Å². The summed E-state index contributed by atoms with van der Waals surface area (Å²) in [6.45, 7) is 0.385. The predicted octanol–water partition coefficient (Wildman–Crippen LogP) is 4.02. The third-order valence-electron chi connectivity index (χ3n) is 5.68. The molecule has 0 aliphatic carbocycles. The molecule has 0 bridgehead atoms. The smallest absolute Gasteiger partial charge is 0.264 e. The number of rotatable bonds is 4. The Kier molecular flexibility index (Phi) is 4.20. The molecule has 0 spiro atoms. The number of nitrogens with zero attached hydrogens (tertiary/aromatic N) is 2. The SMILES string of the molecule is COc1ccc2c(c1OC)C(=O)N1c3ccccc3C(=O)N(Cc3ccccc3)[C@H]21. The standard InChI is InChI=1S/C24H20N2O4/c1-29-19-13-12-17-20(21(19)30-2)24(28)26-18-11-7-6-10-16(18)23(27)25(22(17)26)14-15-8-4-3-5-9-15/h3-13,22H,14H2,1-2H3/t22-/m0/s1. The lowest BCUT2D eigenvalue weighted by molar-refractivity contribution is 0.0629. The van der Waals surface area contributed by atoms with Gasteiger partial charge in [-0.3, -0.25) is 14.5 Å². The van der Waals surface area contributed by atoms with Crippen molar-refractivity contribution in [1.82, 2.24) is 4.90 Å². The molecule has 2 amide bonds. The highest BCUT2D eigenvalue weighted by molar-refractivity contribution is 6.18. The van der Waals surface area contributed by atoms with Gasteiger partial charge in [0.1, 0.15) is 6.17 Å². The summed E-state index contributed by atoms with van der Waals surface area (Å²) in [7, 11) is 3.06. The van der Waals surface area contributed by atoms with E-state index < -0.39 is 6.17 Å². The van der Waals surface area contributed by atoms with Gasteiger partial charge in [0.25, 0.3) is 11.8 Å². The Bertz CT molecular complexity index is 1160. The van der Waals surface area contributed by atoms with Crippen molar-refractivity contribution in [3.8, 4) is 11.5 Å². The second-order valence-electron chi connectivity index (χ2n) is 7.25. The quantitative estimate of drug-likeness (QED) is 0.664. The molecule has 2 aliphatic heterocycles. The molecular formula is C24H20N2O4. The Morgan fingerprint density at radius 1 is 0.833 bits per heavy atom. The molecule has 2 aliphatic rings. The van der Waals surface area contributed by atoms with Crippen LogP contribution in [0.1, 0.15) is 38.0 Å². The monoisotopic (exact) mass is 400 g/mol. The topological polar surface area (TPSA) is 59.1 Å². The lowest BCUT2D eigenvalue weighted by Gasteiger charge is -2.41. The molecule has 2 heterocycles. The predicted molar refractivity (Wildman–Crippen MR) is 112 cm³/mol. The van der Waals surface area contributed by atoms with Gasteiger partial charge in [0.05, 0.1) is 31.0 Å². The van der Waals surface area contributed by atoms with Crippen LogP contribution in [0.5, 0.6) is 11.5 Å². The van der Waals surface area contributed by atoms with Gasteiger partial charge in [-0.2, -0.15) is 0 Å². The number of methoxy groups -OCH3 is 2. The van der Waals surface area contributed by atoms with E-state index in [1.807, 2.05) is 54.6 Å². The second-order valence-corrected chi connectivity index (χ2v) is 7.25. The van der Waals surface area contributed by atoms with Crippen molar-refractivity contribution in [1.29, 1.82) is 0 Å². The zero-order valence-electron chi connectivity index (χ0n) is 16.7. The maximum atomic E-state index is 13.6. The van der Waals surface area contributed by atoms with Gasteiger partial charge in [0, 0.05) is 12.1 Å². The van der Waals surface area contributed by atoms with E-state index in [9.17, 15) is 9.59 Å². The largest absolute Gasteiger partial charge is 0.493 e. The van der Waals surface area contributed by atoms with Crippen molar-refractivity contribution in [3.63, 3.8) is 0 Å². The highest BCUT2D eigenvalue weighted by Crippen LogP contribution is 2.50. The van der Waals surface area contributed by atoms with E-state index in [2.05, 4.69) is 0 Å². The minimum atomic E-state index is -0.546. The lowest BCUT2D eigenvalue weighted by atomic mass is 10.0. The molecule has 0 saturated heterocycles. The highest BCUT2D eigenvalue weighted by Gasteiger charge is 2.49. The number of anilines is 1. The maximum Gasteiger partial charge on any atom is 0.264 e. The van der Waals surface area contributed by atoms with Crippen molar-refractivity contribution in [2.45, 2.75) is 12.7 Å². The molecule has 0 radical (unpaired) electrons. The third kappa shape index (κ3) is 2.50. The molecule has 30 heavy (non-hydrogen) atoms. The zero-order valence-corrected chi connectivity index (χ0v) is 16.7. The van der Waals surface area contributed by atoms with Gasteiger partial charge >= 0.3 is 0 Å². The average Bonchev–Trinajstić information content (AvgIpc) is 3.09. The number of carbonyl (C=O) groups excluding carboxylic acids is 2. The zero-order chi connectivity index (χ0) is 20.8. The minimum Gasteiger partial charge on any atom is -0.493 e. The number of para-hydroxylation sites is 1. The van der Waals surface area contributed by atoms with Gasteiger partial charge in [-0.05, 0) is 23.8 Å². The first-order valence-electron chi connectivity index (χ1n) is 9.68. The lowest BCUT2D eigenvalue weighted by Crippen LogP contribution is -2.47. The average molecular weight is 400 g/mol. The van der Waals surface area contributed by atoms with Crippen LogP contribution in [-0.4, -0.2) is 30.9 Å². The summed E-state index contributed by atoms with van der Waals surface area (Å²) in [6.07, 6.45) is -0.546. The molecule has 3 aromatic rings. The molecule has 0 fully saturated rings. The van der Waals surface area contributed by atoms with Gasteiger partial charge in [-0.25, -0.2) is 0 Å². The molecule has 0 aromatic heterocycles. The fourth-order valence-corrected chi connectivity index (χ4v) is 4.37. The van der Waals surface area contributed by atoms with E-state index >= 15 is 0 Å². The van der Waals surface area contributed by atoms with E-state index in [1.165, 1.54) is 14.2 Å². The first kappa shape index (κ1) is 18.2. The van der Waals surface area contributed by atoms with Gasteiger partial charge in [0.2, 0.25) is 0 Å². The Balaban J connectivity index is 1.73. The first-order chi connectivity index (χ1) is 14.7. The molecule has 6 nitrogen and oxygen atoms in total. The third-order valence-corrected chi connectivity index (χ3v) is 5.68. The van der Waals surface area contributed by atoms with Crippen LogP contribution in [0.2, 0.25) is 0 Å². The van der Waals surface area contributed by atoms with Crippen LogP contribution < -0.4 is 14.4 Å². The van der Waals surface area contributed by atoms with E-state index in [-0.39, 0.29) is 11.8 Å². The molecule has 150 valence electrons. The van der Waals surface area contributed by atoms with Gasteiger partial charge in [-0.1, -0.05) is 48.5 Å². The fourth-order valence-electron chi connectivity index (χ4n) is 4.37. The Morgan fingerprint density at radius 3 is 2.30 bits per heavy atom. The number of hydrogen-bond donors (Lipinski definition) is 0. The van der Waals surface area contributed by atoms with Crippen LogP contribution in [0.25, 0.3) is 0 Å². The van der Waals surface area contributed by atoms with E-state index in [0.29, 0.717) is 34.9 Å². The summed E-state index contributed by atoms with van der Waals surface area (Å²) in [4.78, 5) is 30.5. The minimum absolute atomic E-state index is 0.105. The molecular weight excluding hydrogens is 380 g/mol. The molecule has 6 heteroatoms. The number of benzene rings is 3. The maximum absolute atomic E-state index is 13.6. The summed E-state index contributed by atoms with van der Waals surface area (Å²) in [5.74, 6) is 0.563. The van der Waals surface area contributed by atoms with Crippen molar-refractivity contribution in [2.24, 2.45) is 0 Å². The van der Waals surface area contributed by atoms with Crippen LogP contribution in [0.3, 0.4) is 0 Å². The molecule has 3 aromatic carbocycles. The van der Waals surface area contributed by atoms with Crippen molar-refractivity contribution < 1.29 is 19.1 Å². The van der Waals surface area contributed by atoms with Gasteiger partial charge in [-0.15, -0.1) is 0 Å². The Labute approximate surface area is 174 Å². The summed E-state index contributed by atoms with van der Waals surface area (Å²) < 4.78 is 10.9. The fraction of sp³-hybridized carbons (Fsp3) is 0.167. The molecule has 0 saturated carbocycles. The normalized spacial score (nSPS) is 16.8. The van der Waals surface area contributed by atoms with Crippen LogP contribution in [0.4, 0.5) is 5.69 Å². The molecule has 0 N–H and O–H groups in total. The molecule has 1 atom stereocenters. The molecule has 0 unspecified atom stereocenters. The number of amides is 2. The van der Waals surface area contributed by atoms with E-state index in [0.717, 1.165) is 11.1 Å². The van der Waals surface area contributed by atoms with Crippen LogP contribution >= 0.6 is 0 Å². The summed E-state index contributed by atoms with van der Waals surface area (Å²) in [5, 5.41) is 0. The second kappa shape index (κ2) is 6.91. The van der Waals surface area contributed by atoms with Crippen LogP contribution in [0.15, 0.2) is 66.7 Å². The number of hydrogen-bond acceptors (Lipinski definition) is 4. The van der Waals surface area contributed by atoms with Crippen molar-refractivity contribution in [3.05, 3.63) is 89.0 Å².